The number of nitrogens with zero attached hydrogens (tertiary/aromatic N) is 1. The number of para-hydroxylation sites is 3. The van der Waals surface area contributed by atoms with Gasteiger partial charge in [-0.2, -0.15) is 4.31 Å². The van der Waals surface area contributed by atoms with Gasteiger partial charge in [-0.25, -0.2) is 8.42 Å². The highest BCUT2D eigenvalue weighted by molar-refractivity contribution is 7.89. The summed E-state index contributed by atoms with van der Waals surface area (Å²) >= 11 is 6.19. The Labute approximate surface area is 199 Å². The van der Waals surface area contributed by atoms with Crippen LogP contribution in [0.1, 0.15) is 18.4 Å². The molecule has 8 heteroatoms. The summed E-state index contributed by atoms with van der Waals surface area (Å²) in [4.78, 5) is 13.2. The lowest BCUT2D eigenvalue weighted by Crippen LogP contribution is -2.41. The number of nitrogens with one attached hydrogen (secondary N) is 1. The SMILES string of the molecule is Cc1ccc(S(=O)(=O)N2CCC(C(=O)Nc3ccccc3Oc3ccccc3Cl)CC2)cc1. The number of ether oxygens (including phenoxy) is 1. The summed E-state index contributed by atoms with van der Waals surface area (Å²) in [6.45, 7) is 2.51. The van der Waals surface area contributed by atoms with Gasteiger partial charge in [-0.3, -0.25) is 4.79 Å². The van der Waals surface area contributed by atoms with Crippen LogP contribution in [0.4, 0.5) is 5.69 Å². The number of halogens is 1. The van der Waals surface area contributed by atoms with Crippen LogP contribution in [0.3, 0.4) is 0 Å². The molecule has 0 spiro atoms. The number of rotatable bonds is 6. The van der Waals surface area contributed by atoms with Gasteiger partial charge in [0.25, 0.3) is 0 Å². The van der Waals surface area contributed by atoms with E-state index in [1.165, 1.54) is 4.31 Å². The standard InChI is InChI=1S/C25H25ClN2O4S/c1-18-10-12-20(13-11-18)33(30,31)28-16-14-19(15-17-28)25(29)27-22-7-3-5-9-24(22)32-23-8-4-2-6-21(23)26/h2-13,19H,14-17H2,1H3,(H,27,29). The van der Waals surface area contributed by atoms with Crippen molar-refractivity contribution < 1.29 is 17.9 Å². The van der Waals surface area contributed by atoms with Crippen molar-refractivity contribution in [1.82, 2.24) is 4.31 Å². The van der Waals surface area contributed by atoms with Gasteiger partial charge in [0.2, 0.25) is 15.9 Å². The second-order valence-electron chi connectivity index (χ2n) is 8.01. The average Bonchev–Trinajstić information content (AvgIpc) is 2.82. The molecule has 0 aliphatic carbocycles. The minimum absolute atomic E-state index is 0.155. The lowest BCUT2D eigenvalue weighted by atomic mass is 9.97. The van der Waals surface area contributed by atoms with Crippen LogP contribution in [-0.4, -0.2) is 31.7 Å². The average molecular weight is 485 g/mol. The van der Waals surface area contributed by atoms with Crippen molar-refractivity contribution in [3.63, 3.8) is 0 Å². The molecule has 1 fully saturated rings. The Morgan fingerprint density at radius 1 is 0.939 bits per heavy atom. The Morgan fingerprint density at radius 3 is 2.21 bits per heavy atom. The van der Waals surface area contributed by atoms with Crippen molar-refractivity contribution >= 4 is 33.2 Å². The quantitative estimate of drug-likeness (QED) is 0.502. The molecule has 1 heterocycles. The van der Waals surface area contributed by atoms with Crippen LogP contribution in [-0.2, 0) is 14.8 Å². The highest BCUT2D eigenvalue weighted by Crippen LogP contribution is 2.34. The fraction of sp³-hybridized carbons (Fsp3) is 0.240. The number of carbonyl (C=O) groups is 1. The number of hydrogen-bond acceptors (Lipinski definition) is 4. The van der Waals surface area contributed by atoms with Crippen molar-refractivity contribution in [2.75, 3.05) is 18.4 Å². The monoisotopic (exact) mass is 484 g/mol. The van der Waals surface area contributed by atoms with Gasteiger partial charge in [-0.1, -0.05) is 53.6 Å². The van der Waals surface area contributed by atoms with E-state index in [1.807, 2.05) is 31.2 Å². The molecule has 1 saturated heterocycles. The third kappa shape index (κ3) is 5.38. The fourth-order valence-corrected chi connectivity index (χ4v) is 5.40. The summed E-state index contributed by atoms with van der Waals surface area (Å²) in [7, 11) is -3.56. The summed E-state index contributed by atoms with van der Waals surface area (Å²) < 4.78 is 33.2. The summed E-state index contributed by atoms with van der Waals surface area (Å²) in [5, 5.41) is 3.41. The van der Waals surface area contributed by atoms with E-state index in [9.17, 15) is 13.2 Å². The Kier molecular flexibility index (Phi) is 7.02. The Balaban J connectivity index is 1.40. The van der Waals surface area contributed by atoms with E-state index in [0.717, 1.165) is 5.56 Å². The number of piperidine rings is 1. The van der Waals surface area contributed by atoms with Crippen LogP contribution in [0.15, 0.2) is 77.7 Å². The van der Waals surface area contributed by atoms with Crippen molar-refractivity contribution in [2.45, 2.75) is 24.7 Å². The summed E-state index contributed by atoms with van der Waals surface area (Å²) in [5.74, 6) is 0.536. The lowest BCUT2D eigenvalue weighted by molar-refractivity contribution is -0.120. The summed E-state index contributed by atoms with van der Waals surface area (Å²) in [6, 6.07) is 21.1. The molecule has 0 atom stereocenters. The number of benzene rings is 3. The van der Waals surface area contributed by atoms with Gasteiger partial charge in [0.05, 0.1) is 15.6 Å². The second kappa shape index (κ2) is 9.95. The smallest absolute Gasteiger partial charge is 0.243 e. The topological polar surface area (TPSA) is 75.7 Å². The molecular formula is C25H25ClN2O4S. The molecule has 0 radical (unpaired) electrons. The Hall–Kier alpha value is -2.87. The maximum atomic E-state index is 12.9. The van der Waals surface area contributed by atoms with Gasteiger partial charge >= 0.3 is 0 Å². The molecule has 0 bridgehead atoms. The third-order valence-electron chi connectivity index (χ3n) is 5.68. The predicted octanol–water partition coefficient (Wildman–Crippen LogP) is 5.48. The maximum Gasteiger partial charge on any atom is 0.243 e. The number of hydrogen-bond donors (Lipinski definition) is 1. The molecule has 4 rings (SSSR count). The number of carbonyl (C=O) groups excluding carboxylic acids is 1. The summed E-state index contributed by atoms with van der Waals surface area (Å²) in [5.41, 5.74) is 1.54. The van der Waals surface area contributed by atoms with Gasteiger partial charge in [0.1, 0.15) is 5.75 Å². The first-order chi connectivity index (χ1) is 15.8. The van der Waals surface area contributed by atoms with Crippen molar-refractivity contribution in [2.24, 2.45) is 5.92 Å². The second-order valence-corrected chi connectivity index (χ2v) is 10.4. The molecule has 33 heavy (non-hydrogen) atoms. The predicted molar refractivity (Wildman–Crippen MR) is 129 cm³/mol. The van der Waals surface area contributed by atoms with E-state index >= 15 is 0 Å². The van der Waals surface area contributed by atoms with E-state index < -0.39 is 10.0 Å². The van der Waals surface area contributed by atoms with E-state index in [0.29, 0.717) is 48.1 Å². The van der Waals surface area contributed by atoms with Gasteiger partial charge in [-0.05, 0) is 56.2 Å². The first-order valence-electron chi connectivity index (χ1n) is 10.7. The van der Waals surface area contributed by atoms with Crippen LogP contribution in [0.5, 0.6) is 11.5 Å². The molecule has 0 saturated carbocycles. The minimum Gasteiger partial charge on any atom is -0.454 e. The zero-order valence-corrected chi connectivity index (χ0v) is 19.8. The first kappa shape index (κ1) is 23.3. The number of aryl methyl sites for hydroxylation is 1. The van der Waals surface area contributed by atoms with Gasteiger partial charge in [0, 0.05) is 19.0 Å². The van der Waals surface area contributed by atoms with Gasteiger partial charge < -0.3 is 10.1 Å². The molecule has 1 aliphatic heterocycles. The summed E-state index contributed by atoms with van der Waals surface area (Å²) in [6.07, 6.45) is 0.898. The van der Waals surface area contributed by atoms with Crippen LogP contribution in [0, 0.1) is 12.8 Å². The number of amides is 1. The molecular weight excluding hydrogens is 460 g/mol. The highest BCUT2D eigenvalue weighted by Gasteiger charge is 2.32. The van der Waals surface area contributed by atoms with Crippen molar-refractivity contribution in [1.29, 1.82) is 0 Å². The Morgan fingerprint density at radius 2 is 1.55 bits per heavy atom. The number of anilines is 1. The van der Waals surface area contributed by atoms with Crippen molar-refractivity contribution in [3.05, 3.63) is 83.4 Å². The van der Waals surface area contributed by atoms with E-state index in [1.54, 1.807) is 48.5 Å². The first-order valence-corrected chi connectivity index (χ1v) is 12.6. The van der Waals surface area contributed by atoms with Gasteiger partial charge in [0.15, 0.2) is 5.75 Å². The molecule has 3 aromatic carbocycles. The largest absolute Gasteiger partial charge is 0.454 e. The van der Waals surface area contributed by atoms with E-state index in [4.69, 9.17) is 16.3 Å². The third-order valence-corrected chi connectivity index (χ3v) is 7.91. The molecule has 3 aromatic rings. The molecule has 1 amide bonds. The van der Waals surface area contributed by atoms with Crippen LogP contribution in [0.25, 0.3) is 0 Å². The highest BCUT2D eigenvalue weighted by atomic mass is 35.5. The molecule has 172 valence electrons. The van der Waals surface area contributed by atoms with Crippen molar-refractivity contribution in [3.8, 4) is 11.5 Å². The fourth-order valence-electron chi connectivity index (χ4n) is 3.76. The normalized spacial score (nSPS) is 15.2. The number of sulfonamides is 1. The molecule has 6 nitrogen and oxygen atoms in total. The van der Waals surface area contributed by atoms with Crippen LogP contribution < -0.4 is 10.1 Å². The van der Waals surface area contributed by atoms with Crippen LogP contribution >= 0.6 is 11.6 Å². The zero-order chi connectivity index (χ0) is 23.4. The molecule has 1 N–H and O–H groups in total. The Bertz CT molecular complexity index is 1240. The maximum absolute atomic E-state index is 12.9. The van der Waals surface area contributed by atoms with Crippen LogP contribution in [0.2, 0.25) is 5.02 Å². The van der Waals surface area contributed by atoms with E-state index in [2.05, 4.69) is 5.32 Å². The molecule has 0 unspecified atom stereocenters. The molecule has 0 aromatic heterocycles. The van der Waals surface area contributed by atoms with E-state index in [-0.39, 0.29) is 16.7 Å². The lowest BCUT2D eigenvalue weighted by Gasteiger charge is -2.30. The molecule has 1 aliphatic rings. The van der Waals surface area contributed by atoms with Gasteiger partial charge in [-0.15, -0.1) is 0 Å². The zero-order valence-electron chi connectivity index (χ0n) is 18.2. The minimum atomic E-state index is -3.56.